The summed E-state index contributed by atoms with van der Waals surface area (Å²) in [7, 11) is 0. The Bertz CT molecular complexity index is 279. The van der Waals surface area contributed by atoms with E-state index in [9.17, 15) is 4.79 Å². The van der Waals surface area contributed by atoms with Crippen molar-refractivity contribution in [3.63, 3.8) is 0 Å². The molecule has 2 saturated carbocycles. The van der Waals surface area contributed by atoms with E-state index in [1.807, 2.05) is 6.08 Å². The van der Waals surface area contributed by atoms with Crippen molar-refractivity contribution in [1.82, 2.24) is 0 Å². The molecule has 2 bridgehead atoms. The summed E-state index contributed by atoms with van der Waals surface area (Å²) >= 11 is 0. The van der Waals surface area contributed by atoms with E-state index in [0.717, 1.165) is 18.8 Å². The quantitative estimate of drug-likeness (QED) is 0.377. The van der Waals surface area contributed by atoms with Gasteiger partial charge in [-0.25, -0.2) is 0 Å². The van der Waals surface area contributed by atoms with Crippen LogP contribution in [0, 0.1) is 23.7 Å². The topological polar surface area (TPSA) is 17.1 Å². The molecule has 0 aromatic carbocycles. The summed E-state index contributed by atoms with van der Waals surface area (Å²) in [5.74, 6) is 2.38. The predicted molar refractivity (Wildman–Crippen MR) is 67.1 cm³/mol. The van der Waals surface area contributed by atoms with Crippen molar-refractivity contribution in [1.29, 1.82) is 0 Å². The Labute approximate surface area is 98.6 Å². The fourth-order valence-electron chi connectivity index (χ4n) is 3.50. The maximum absolute atomic E-state index is 11.1. The molecule has 0 spiro atoms. The Hall–Kier alpha value is -0.850. The van der Waals surface area contributed by atoms with E-state index in [1.165, 1.54) is 32.0 Å². The minimum absolute atomic E-state index is 0.328. The molecule has 0 unspecified atom stereocenters. The van der Waals surface area contributed by atoms with Crippen molar-refractivity contribution < 1.29 is 4.79 Å². The fraction of sp³-hybridized carbons (Fsp3) is 0.667. The van der Waals surface area contributed by atoms with Gasteiger partial charge < -0.3 is 4.79 Å². The number of hydrogen-bond acceptors (Lipinski definition) is 1. The highest BCUT2D eigenvalue weighted by Gasteiger charge is 2.45. The Kier molecular flexibility index (Phi) is 3.98. The highest BCUT2D eigenvalue weighted by atomic mass is 16.1. The van der Waals surface area contributed by atoms with Crippen LogP contribution in [-0.4, -0.2) is 6.29 Å². The van der Waals surface area contributed by atoms with Gasteiger partial charge in [-0.15, -0.1) is 6.58 Å². The predicted octanol–water partition coefficient (Wildman–Crippen LogP) is 3.76. The van der Waals surface area contributed by atoms with Gasteiger partial charge in [0.05, 0.1) is 0 Å². The van der Waals surface area contributed by atoms with Crippen LogP contribution in [-0.2, 0) is 4.79 Å². The van der Waals surface area contributed by atoms with E-state index >= 15 is 0 Å². The molecule has 0 saturated heterocycles. The van der Waals surface area contributed by atoms with Crippen molar-refractivity contribution in [2.75, 3.05) is 0 Å². The van der Waals surface area contributed by atoms with Crippen LogP contribution in [0.5, 0.6) is 0 Å². The lowest BCUT2D eigenvalue weighted by molar-refractivity contribution is -0.113. The molecule has 1 heteroatoms. The summed E-state index contributed by atoms with van der Waals surface area (Å²) in [4.78, 5) is 11.1. The third-order valence-electron chi connectivity index (χ3n) is 4.34. The van der Waals surface area contributed by atoms with Gasteiger partial charge in [-0.05, 0) is 56.3 Å². The van der Waals surface area contributed by atoms with Gasteiger partial charge in [0.25, 0.3) is 0 Å². The van der Waals surface area contributed by atoms with E-state index in [0.29, 0.717) is 17.8 Å². The Balaban J connectivity index is 1.84. The van der Waals surface area contributed by atoms with Crippen LogP contribution in [0.2, 0.25) is 0 Å². The molecule has 2 aliphatic rings. The first-order valence-electron chi connectivity index (χ1n) is 6.59. The third-order valence-corrected chi connectivity index (χ3v) is 4.34. The molecule has 0 aromatic rings. The number of fused-ring (bicyclic) bond motifs is 2. The van der Waals surface area contributed by atoms with Crippen LogP contribution in [0.3, 0.4) is 0 Å². The number of carbonyl (C=O) groups is 1. The Morgan fingerprint density at radius 1 is 1.12 bits per heavy atom. The first-order valence-corrected chi connectivity index (χ1v) is 6.59. The molecule has 4 atom stereocenters. The molecule has 2 fully saturated rings. The van der Waals surface area contributed by atoms with E-state index in [-0.39, 0.29) is 0 Å². The van der Waals surface area contributed by atoms with Crippen LogP contribution in [0.1, 0.15) is 38.5 Å². The summed E-state index contributed by atoms with van der Waals surface area (Å²) in [6, 6.07) is 0. The number of rotatable bonds is 6. The second-order valence-corrected chi connectivity index (χ2v) is 5.27. The Morgan fingerprint density at radius 3 is 2.56 bits per heavy atom. The van der Waals surface area contributed by atoms with E-state index in [4.69, 9.17) is 0 Å². The maximum atomic E-state index is 11.1. The van der Waals surface area contributed by atoms with Gasteiger partial charge in [-0.2, -0.15) is 0 Å². The standard InChI is InChI=1S/C15H22O/c1-2-3-4-5-6-7-14-12-8-9-13(10-12)15(14)11-16/h2,6-7,11-15H,1,3-5,8-10H2/b7-6-/t12-,13+,14-,15+/m1/s1. The average molecular weight is 218 g/mol. The molecular formula is C15H22O. The number of carbonyl (C=O) groups excluding carboxylic acids is 1. The van der Waals surface area contributed by atoms with E-state index < -0.39 is 0 Å². The Morgan fingerprint density at radius 2 is 1.88 bits per heavy atom. The highest BCUT2D eigenvalue weighted by Crippen LogP contribution is 2.51. The third kappa shape index (κ3) is 2.28. The lowest BCUT2D eigenvalue weighted by Crippen LogP contribution is -2.21. The van der Waals surface area contributed by atoms with Crippen LogP contribution >= 0.6 is 0 Å². The average Bonchev–Trinajstić information content (AvgIpc) is 2.88. The van der Waals surface area contributed by atoms with Crippen molar-refractivity contribution in [2.24, 2.45) is 23.7 Å². The summed E-state index contributed by atoms with van der Waals surface area (Å²) in [5, 5.41) is 0. The van der Waals surface area contributed by atoms with E-state index in [2.05, 4.69) is 18.7 Å². The molecule has 88 valence electrons. The summed E-state index contributed by atoms with van der Waals surface area (Å²) in [5.41, 5.74) is 0. The smallest absolute Gasteiger partial charge is 0.123 e. The van der Waals surface area contributed by atoms with Crippen LogP contribution < -0.4 is 0 Å². The van der Waals surface area contributed by atoms with Crippen molar-refractivity contribution in [3.05, 3.63) is 24.8 Å². The van der Waals surface area contributed by atoms with Crippen LogP contribution in [0.15, 0.2) is 24.8 Å². The highest BCUT2D eigenvalue weighted by molar-refractivity contribution is 5.56. The fourth-order valence-corrected chi connectivity index (χ4v) is 3.50. The number of allylic oxidation sites excluding steroid dienone is 3. The normalized spacial score (nSPS) is 37.0. The number of aldehydes is 1. The van der Waals surface area contributed by atoms with Crippen LogP contribution in [0.25, 0.3) is 0 Å². The zero-order chi connectivity index (χ0) is 11.4. The molecule has 1 nitrogen and oxygen atoms in total. The maximum Gasteiger partial charge on any atom is 0.123 e. The molecule has 16 heavy (non-hydrogen) atoms. The number of hydrogen-bond donors (Lipinski definition) is 0. The molecule has 0 radical (unpaired) electrons. The van der Waals surface area contributed by atoms with Gasteiger partial charge in [0.15, 0.2) is 0 Å². The minimum Gasteiger partial charge on any atom is -0.303 e. The monoisotopic (exact) mass is 218 g/mol. The minimum atomic E-state index is 0.328. The van der Waals surface area contributed by atoms with Gasteiger partial charge in [0, 0.05) is 5.92 Å². The molecule has 2 aliphatic carbocycles. The van der Waals surface area contributed by atoms with Gasteiger partial charge >= 0.3 is 0 Å². The first-order chi connectivity index (χ1) is 7.86. The summed E-state index contributed by atoms with van der Waals surface area (Å²) in [6.45, 7) is 3.72. The molecule has 0 aliphatic heterocycles. The van der Waals surface area contributed by atoms with Crippen molar-refractivity contribution in [2.45, 2.75) is 38.5 Å². The second kappa shape index (κ2) is 5.47. The van der Waals surface area contributed by atoms with Crippen molar-refractivity contribution in [3.8, 4) is 0 Å². The molecule has 0 aromatic heterocycles. The van der Waals surface area contributed by atoms with Gasteiger partial charge in [-0.1, -0.05) is 18.2 Å². The van der Waals surface area contributed by atoms with Crippen LogP contribution in [0.4, 0.5) is 0 Å². The summed E-state index contributed by atoms with van der Waals surface area (Å²) in [6.07, 6.45) is 15.1. The molecule has 0 heterocycles. The van der Waals surface area contributed by atoms with Gasteiger partial charge in [-0.3, -0.25) is 0 Å². The SMILES string of the molecule is C=CCCC/C=C\[C@@H]1[C@@H]2CC[C@@H](C2)[C@@H]1C=O. The molecule has 2 rings (SSSR count). The molecular weight excluding hydrogens is 196 g/mol. The summed E-state index contributed by atoms with van der Waals surface area (Å²) < 4.78 is 0. The second-order valence-electron chi connectivity index (χ2n) is 5.27. The largest absolute Gasteiger partial charge is 0.303 e. The zero-order valence-electron chi connectivity index (χ0n) is 9.98. The molecule has 0 amide bonds. The first kappa shape index (κ1) is 11.6. The van der Waals surface area contributed by atoms with E-state index in [1.54, 1.807) is 0 Å². The van der Waals surface area contributed by atoms with Crippen molar-refractivity contribution >= 4 is 6.29 Å². The lowest BCUT2D eigenvalue weighted by atomic mass is 9.80. The number of unbranched alkanes of at least 4 members (excludes halogenated alkanes) is 2. The molecule has 0 N–H and O–H groups in total. The lowest BCUT2D eigenvalue weighted by Gasteiger charge is -2.24. The van der Waals surface area contributed by atoms with Gasteiger partial charge in [0.2, 0.25) is 0 Å². The van der Waals surface area contributed by atoms with Gasteiger partial charge in [0.1, 0.15) is 6.29 Å². The zero-order valence-corrected chi connectivity index (χ0v) is 9.98.